The van der Waals surface area contributed by atoms with E-state index in [9.17, 15) is 4.79 Å². The summed E-state index contributed by atoms with van der Waals surface area (Å²) in [6.45, 7) is 1.93. The third-order valence-electron chi connectivity index (χ3n) is 3.38. The van der Waals surface area contributed by atoms with Gasteiger partial charge in [0.2, 0.25) is 0 Å². The van der Waals surface area contributed by atoms with Crippen LogP contribution in [0.3, 0.4) is 0 Å². The highest BCUT2D eigenvalue weighted by molar-refractivity contribution is 6.10. The zero-order valence-electron chi connectivity index (χ0n) is 11.3. The molecule has 1 aromatic heterocycles. The minimum absolute atomic E-state index is 0.0570. The normalized spacial score (nSPS) is 10.4. The maximum Gasteiger partial charge on any atom is 0.194 e. The molecule has 0 saturated carbocycles. The number of rotatable bonds is 3. The van der Waals surface area contributed by atoms with Crippen LogP contribution in [0.25, 0.3) is 11.3 Å². The molecule has 0 atom stereocenters. The molecule has 0 amide bonds. The first kappa shape index (κ1) is 12.4. The van der Waals surface area contributed by atoms with Gasteiger partial charge in [-0.15, -0.1) is 0 Å². The standard InChI is InChI=1S/C18H15NO/c1-13-16(18(20)15-10-6-3-7-11-15)12-17(19-13)14-8-4-2-5-9-14/h2-12,19H,1H3. The van der Waals surface area contributed by atoms with Crippen LogP contribution in [0, 0.1) is 6.92 Å². The Morgan fingerprint density at radius 3 is 2.15 bits per heavy atom. The molecule has 0 unspecified atom stereocenters. The van der Waals surface area contributed by atoms with E-state index >= 15 is 0 Å². The largest absolute Gasteiger partial charge is 0.358 e. The van der Waals surface area contributed by atoms with Crippen LogP contribution in [0.15, 0.2) is 66.7 Å². The van der Waals surface area contributed by atoms with Crippen LogP contribution in [-0.2, 0) is 0 Å². The summed E-state index contributed by atoms with van der Waals surface area (Å²) in [6.07, 6.45) is 0. The van der Waals surface area contributed by atoms with Crippen LogP contribution < -0.4 is 0 Å². The van der Waals surface area contributed by atoms with E-state index in [-0.39, 0.29) is 5.78 Å². The van der Waals surface area contributed by atoms with Crippen LogP contribution >= 0.6 is 0 Å². The summed E-state index contributed by atoms with van der Waals surface area (Å²) in [7, 11) is 0. The van der Waals surface area contributed by atoms with Crippen molar-refractivity contribution in [3.63, 3.8) is 0 Å². The van der Waals surface area contributed by atoms with Gasteiger partial charge >= 0.3 is 0 Å². The molecule has 2 nitrogen and oxygen atoms in total. The SMILES string of the molecule is Cc1[nH]c(-c2ccccc2)cc1C(=O)c1ccccc1. The smallest absolute Gasteiger partial charge is 0.194 e. The van der Waals surface area contributed by atoms with Crippen LogP contribution in [0.1, 0.15) is 21.6 Å². The van der Waals surface area contributed by atoms with Crippen molar-refractivity contribution in [3.05, 3.63) is 83.6 Å². The number of nitrogens with one attached hydrogen (secondary N) is 1. The topological polar surface area (TPSA) is 32.9 Å². The Hall–Kier alpha value is -2.61. The molecule has 2 heteroatoms. The van der Waals surface area contributed by atoms with Gasteiger partial charge in [-0.1, -0.05) is 60.7 Å². The molecule has 3 aromatic rings. The van der Waals surface area contributed by atoms with Crippen molar-refractivity contribution in [1.82, 2.24) is 4.98 Å². The summed E-state index contributed by atoms with van der Waals surface area (Å²) in [5, 5.41) is 0. The first-order valence-corrected chi connectivity index (χ1v) is 6.60. The molecule has 2 aromatic carbocycles. The van der Waals surface area contributed by atoms with Gasteiger partial charge < -0.3 is 4.98 Å². The Labute approximate surface area is 118 Å². The Morgan fingerprint density at radius 2 is 1.50 bits per heavy atom. The third kappa shape index (κ3) is 2.28. The Balaban J connectivity index is 2.00. The molecule has 0 radical (unpaired) electrons. The fraction of sp³-hybridized carbons (Fsp3) is 0.0556. The summed E-state index contributed by atoms with van der Waals surface area (Å²) < 4.78 is 0. The van der Waals surface area contributed by atoms with E-state index in [2.05, 4.69) is 4.98 Å². The van der Waals surface area contributed by atoms with Crippen molar-refractivity contribution in [2.45, 2.75) is 6.92 Å². The summed E-state index contributed by atoms with van der Waals surface area (Å²) in [5.74, 6) is 0.0570. The van der Waals surface area contributed by atoms with Crippen LogP contribution in [0.2, 0.25) is 0 Å². The Morgan fingerprint density at radius 1 is 0.900 bits per heavy atom. The molecule has 20 heavy (non-hydrogen) atoms. The number of aryl methyl sites for hydroxylation is 1. The number of benzene rings is 2. The number of ketones is 1. The second-order valence-electron chi connectivity index (χ2n) is 4.78. The number of H-pyrrole nitrogens is 1. The van der Waals surface area contributed by atoms with Crippen LogP contribution in [-0.4, -0.2) is 10.8 Å². The Bertz CT molecular complexity index is 727. The maximum absolute atomic E-state index is 12.5. The maximum atomic E-state index is 12.5. The molecular formula is C18H15NO. The van der Waals surface area contributed by atoms with Crippen molar-refractivity contribution in [2.24, 2.45) is 0 Å². The second-order valence-corrected chi connectivity index (χ2v) is 4.78. The van der Waals surface area contributed by atoms with Crippen molar-refractivity contribution in [1.29, 1.82) is 0 Å². The summed E-state index contributed by atoms with van der Waals surface area (Å²) in [4.78, 5) is 15.8. The quantitative estimate of drug-likeness (QED) is 0.703. The molecule has 0 bridgehead atoms. The molecule has 0 spiro atoms. The van der Waals surface area contributed by atoms with Gasteiger partial charge in [-0.25, -0.2) is 0 Å². The lowest BCUT2D eigenvalue weighted by atomic mass is 10.0. The predicted octanol–water partition coefficient (Wildman–Crippen LogP) is 4.22. The van der Waals surface area contributed by atoms with E-state index in [1.54, 1.807) is 0 Å². The number of hydrogen-bond acceptors (Lipinski definition) is 1. The van der Waals surface area contributed by atoms with E-state index in [4.69, 9.17) is 0 Å². The summed E-state index contributed by atoms with van der Waals surface area (Å²) in [6, 6.07) is 21.3. The molecule has 1 N–H and O–H groups in total. The first-order valence-electron chi connectivity index (χ1n) is 6.60. The van der Waals surface area contributed by atoms with Crippen molar-refractivity contribution in [3.8, 4) is 11.3 Å². The van der Waals surface area contributed by atoms with Crippen molar-refractivity contribution < 1.29 is 4.79 Å². The van der Waals surface area contributed by atoms with E-state index in [1.165, 1.54) is 0 Å². The highest BCUT2D eigenvalue weighted by atomic mass is 16.1. The second kappa shape index (κ2) is 5.17. The first-order chi connectivity index (χ1) is 9.75. The van der Waals surface area contributed by atoms with E-state index in [1.807, 2.05) is 73.7 Å². The predicted molar refractivity (Wildman–Crippen MR) is 80.8 cm³/mol. The molecule has 0 aliphatic heterocycles. The van der Waals surface area contributed by atoms with Crippen LogP contribution in [0.5, 0.6) is 0 Å². The molecule has 0 saturated heterocycles. The average Bonchev–Trinajstić information content (AvgIpc) is 2.90. The van der Waals surface area contributed by atoms with Crippen molar-refractivity contribution >= 4 is 5.78 Å². The molecular weight excluding hydrogens is 246 g/mol. The summed E-state index contributed by atoms with van der Waals surface area (Å²) in [5.41, 5.74) is 4.41. The lowest BCUT2D eigenvalue weighted by Crippen LogP contribution is -2.01. The van der Waals surface area contributed by atoms with Gasteiger partial charge in [0.1, 0.15) is 0 Å². The monoisotopic (exact) mass is 261 g/mol. The molecule has 3 rings (SSSR count). The van der Waals surface area contributed by atoms with E-state index in [0.717, 1.165) is 22.5 Å². The van der Waals surface area contributed by atoms with Crippen molar-refractivity contribution in [2.75, 3.05) is 0 Å². The highest BCUT2D eigenvalue weighted by Gasteiger charge is 2.14. The fourth-order valence-electron chi connectivity index (χ4n) is 2.31. The zero-order chi connectivity index (χ0) is 13.9. The van der Waals surface area contributed by atoms with Gasteiger partial charge in [0.05, 0.1) is 0 Å². The van der Waals surface area contributed by atoms with Gasteiger partial charge in [-0.05, 0) is 18.6 Å². The lowest BCUT2D eigenvalue weighted by molar-refractivity contribution is 0.103. The van der Waals surface area contributed by atoms with Gasteiger partial charge in [0, 0.05) is 22.5 Å². The number of carbonyl (C=O) groups excluding carboxylic acids is 1. The van der Waals surface area contributed by atoms with E-state index in [0.29, 0.717) is 5.56 Å². The molecule has 1 heterocycles. The lowest BCUT2D eigenvalue weighted by Gasteiger charge is -1.98. The van der Waals surface area contributed by atoms with E-state index < -0.39 is 0 Å². The van der Waals surface area contributed by atoms with Gasteiger partial charge in [0.15, 0.2) is 5.78 Å². The molecule has 98 valence electrons. The number of aromatic nitrogens is 1. The van der Waals surface area contributed by atoms with Gasteiger partial charge in [-0.2, -0.15) is 0 Å². The van der Waals surface area contributed by atoms with Gasteiger partial charge in [0.25, 0.3) is 0 Å². The summed E-state index contributed by atoms with van der Waals surface area (Å²) >= 11 is 0. The molecule has 0 fully saturated rings. The number of aromatic amines is 1. The van der Waals surface area contributed by atoms with Gasteiger partial charge in [-0.3, -0.25) is 4.79 Å². The average molecular weight is 261 g/mol. The third-order valence-corrected chi connectivity index (χ3v) is 3.38. The molecule has 0 aliphatic rings. The Kier molecular flexibility index (Phi) is 3.21. The highest BCUT2D eigenvalue weighted by Crippen LogP contribution is 2.23. The zero-order valence-corrected chi connectivity index (χ0v) is 11.3. The fourth-order valence-corrected chi connectivity index (χ4v) is 2.31. The number of carbonyl (C=O) groups is 1. The van der Waals surface area contributed by atoms with Crippen LogP contribution in [0.4, 0.5) is 0 Å². The number of hydrogen-bond donors (Lipinski definition) is 1. The minimum atomic E-state index is 0.0570. The molecule has 0 aliphatic carbocycles. The minimum Gasteiger partial charge on any atom is -0.358 e.